The molecule has 0 bridgehead atoms. The van der Waals surface area contributed by atoms with Crippen molar-refractivity contribution in [1.29, 1.82) is 0 Å². The molecule has 1 aromatic heterocycles. The lowest BCUT2D eigenvalue weighted by Crippen LogP contribution is -2.37. The second kappa shape index (κ2) is 20.1. The van der Waals surface area contributed by atoms with Gasteiger partial charge in [-0.05, 0) is 71.6 Å². The third-order valence-corrected chi connectivity index (χ3v) is 4.88. The first kappa shape index (κ1) is 35.1. The molecular weight excluding hydrogens is 456 g/mol. The zero-order chi connectivity index (χ0) is 28.1. The molecule has 1 heterocycles. The number of nitrogens with zero attached hydrogens (tertiary/aromatic N) is 2. The van der Waals surface area contributed by atoms with Gasteiger partial charge >= 0.3 is 11.7 Å². The minimum Gasteiger partial charge on any atom is -0.478 e. The third-order valence-electron chi connectivity index (χ3n) is 4.88. The van der Waals surface area contributed by atoms with Gasteiger partial charge in [0, 0.05) is 6.42 Å². The monoisotopic (exact) mass is 504 g/mol. The maximum atomic E-state index is 11.6. The molecule has 0 fully saturated rings. The first-order chi connectivity index (χ1) is 17.1. The molecule has 2 rings (SSSR count). The Morgan fingerprint density at radius 3 is 2.14 bits per heavy atom. The summed E-state index contributed by atoms with van der Waals surface area (Å²) in [6.45, 7) is 19.7. The highest BCUT2D eigenvalue weighted by Gasteiger charge is 2.29. The van der Waals surface area contributed by atoms with E-state index in [4.69, 9.17) is 14.3 Å². The number of carboxylic acid groups (broad SMARTS) is 1. The number of aliphatic carboxylic acids is 1. The van der Waals surface area contributed by atoms with E-state index < -0.39 is 17.3 Å². The summed E-state index contributed by atoms with van der Waals surface area (Å²) in [6.07, 6.45) is 9.16. The van der Waals surface area contributed by atoms with Gasteiger partial charge in [-0.15, -0.1) is 5.10 Å². The predicted octanol–water partition coefficient (Wildman–Crippen LogP) is 7.24. The number of hydrogen-bond donors (Lipinski definition) is 1. The Morgan fingerprint density at radius 1 is 1.11 bits per heavy atom. The fraction of sp³-hybridized carbons (Fsp3) is 0.552. The molecule has 36 heavy (non-hydrogen) atoms. The lowest BCUT2D eigenvalue weighted by atomic mass is 10.1. The molecular formula is C29H48N2O5. The minimum absolute atomic E-state index is 0.410. The van der Waals surface area contributed by atoms with Gasteiger partial charge < -0.3 is 14.3 Å². The van der Waals surface area contributed by atoms with Gasteiger partial charge in [0.2, 0.25) is 5.89 Å². The van der Waals surface area contributed by atoms with Gasteiger partial charge in [-0.3, -0.25) is 0 Å². The predicted molar refractivity (Wildman–Crippen MR) is 149 cm³/mol. The number of hydrogen-bond acceptors (Lipinski definition) is 5. The average molecular weight is 505 g/mol. The standard InChI is InChI=1S/C19H24N2O5.C6H12.2C2H6/c1-4-5-13-21-18(24)25-16(20-21)8-6-7-14-9-11-15(12-10-14)26-19(2,3)17(22)23;1-4-6(3)5-2;2*1-2/h4-5,9-12H,6-8,13H2,1-3H3,(H,22,23);4H,5H2,1-3H3;2*1-2H3/b5-4+;6-4-;;. The number of allylic oxidation sites excluding steroid dienone is 4. The Hall–Kier alpha value is -3.09. The molecule has 0 radical (unpaired) electrons. The van der Waals surface area contributed by atoms with Crippen molar-refractivity contribution in [2.75, 3.05) is 0 Å². The van der Waals surface area contributed by atoms with E-state index in [2.05, 4.69) is 31.9 Å². The molecule has 2 aromatic rings. The van der Waals surface area contributed by atoms with Crippen molar-refractivity contribution in [2.24, 2.45) is 0 Å². The zero-order valence-electron chi connectivity index (χ0n) is 24.1. The van der Waals surface area contributed by atoms with E-state index in [9.17, 15) is 9.59 Å². The fourth-order valence-electron chi connectivity index (χ4n) is 2.48. The second-order valence-electron chi connectivity index (χ2n) is 7.92. The van der Waals surface area contributed by atoms with Crippen LogP contribution in [0.1, 0.15) is 93.5 Å². The second-order valence-corrected chi connectivity index (χ2v) is 7.92. The molecule has 204 valence electrons. The number of ether oxygens (including phenoxy) is 1. The first-order valence-corrected chi connectivity index (χ1v) is 12.9. The highest BCUT2D eigenvalue weighted by Crippen LogP contribution is 2.20. The summed E-state index contributed by atoms with van der Waals surface area (Å²) in [7, 11) is 0. The Balaban J connectivity index is 0. The van der Waals surface area contributed by atoms with Crippen molar-refractivity contribution >= 4 is 5.97 Å². The number of carbonyl (C=O) groups is 1. The molecule has 0 atom stereocenters. The van der Waals surface area contributed by atoms with Crippen molar-refractivity contribution in [3.05, 3.63) is 70.1 Å². The van der Waals surface area contributed by atoms with Crippen LogP contribution in [-0.2, 0) is 24.2 Å². The molecule has 1 N–H and O–H groups in total. The summed E-state index contributed by atoms with van der Waals surface area (Å²) in [6, 6.07) is 7.31. The van der Waals surface area contributed by atoms with Crippen LogP contribution in [0.15, 0.2) is 57.3 Å². The maximum absolute atomic E-state index is 11.6. The Kier molecular flexibility index (Phi) is 19.6. The summed E-state index contributed by atoms with van der Waals surface area (Å²) in [5.74, 6) is -0.518. The van der Waals surface area contributed by atoms with Gasteiger partial charge in [0.1, 0.15) is 5.75 Å². The van der Waals surface area contributed by atoms with Crippen molar-refractivity contribution < 1.29 is 19.1 Å². The number of carboxylic acids is 1. The number of aromatic nitrogens is 2. The third kappa shape index (κ3) is 14.3. The highest BCUT2D eigenvalue weighted by atomic mass is 16.5. The largest absolute Gasteiger partial charge is 0.478 e. The van der Waals surface area contributed by atoms with E-state index in [1.807, 2.05) is 58.9 Å². The van der Waals surface area contributed by atoms with Crippen molar-refractivity contribution in [1.82, 2.24) is 9.78 Å². The molecule has 0 aliphatic heterocycles. The van der Waals surface area contributed by atoms with E-state index in [0.717, 1.165) is 18.4 Å². The Labute approximate surface area is 217 Å². The summed E-state index contributed by atoms with van der Waals surface area (Å²) in [4.78, 5) is 22.7. The van der Waals surface area contributed by atoms with E-state index in [-0.39, 0.29) is 0 Å². The van der Waals surface area contributed by atoms with Crippen molar-refractivity contribution in [2.45, 2.75) is 107 Å². The topological polar surface area (TPSA) is 94.6 Å². The van der Waals surface area contributed by atoms with E-state index in [0.29, 0.717) is 24.6 Å². The quantitative estimate of drug-likeness (QED) is 0.343. The van der Waals surface area contributed by atoms with Crippen LogP contribution in [0.2, 0.25) is 0 Å². The van der Waals surface area contributed by atoms with Crippen LogP contribution >= 0.6 is 0 Å². The van der Waals surface area contributed by atoms with E-state index in [1.54, 1.807) is 12.1 Å². The van der Waals surface area contributed by atoms with Crippen LogP contribution in [-0.4, -0.2) is 26.5 Å². The lowest BCUT2D eigenvalue weighted by Gasteiger charge is -2.21. The normalized spacial score (nSPS) is 10.9. The SMILES string of the molecule is C/C=C(/C)CC.C/C=C/Cn1nc(CCCc2ccc(OC(C)(C)C(=O)O)cc2)oc1=O.CC.CC. The molecule has 7 nitrogen and oxygen atoms in total. The molecule has 1 aromatic carbocycles. The van der Waals surface area contributed by atoms with E-state index >= 15 is 0 Å². The van der Waals surface area contributed by atoms with E-state index in [1.165, 1.54) is 30.5 Å². The van der Waals surface area contributed by atoms with Crippen LogP contribution in [0.4, 0.5) is 0 Å². The lowest BCUT2D eigenvalue weighted by molar-refractivity contribution is -0.152. The minimum atomic E-state index is -1.27. The Morgan fingerprint density at radius 2 is 1.69 bits per heavy atom. The van der Waals surface area contributed by atoms with Crippen LogP contribution < -0.4 is 10.5 Å². The molecule has 0 unspecified atom stereocenters. The number of aryl methyl sites for hydroxylation is 2. The average Bonchev–Trinajstić information content (AvgIpc) is 3.24. The zero-order valence-corrected chi connectivity index (χ0v) is 24.1. The highest BCUT2D eigenvalue weighted by molar-refractivity contribution is 5.76. The molecule has 0 saturated heterocycles. The van der Waals surface area contributed by atoms with Gasteiger partial charge in [-0.1, -0.05) is 70.6 Å². The number of rotatable bonds is 10. The molecule has 7 heteroatoms. The summed E-state index contributed by atoms with van der Waals surface area (Å²) >= 11 is 0. The molecule has 0 saturated carbocycles. The smallest absolute Gasteiger partial charge is 0.437 e. The van der Waals surface area contributed by atoms with Crippen LogP contribution in [0.3, 0.4) is 0 Å². The first-order valence-electron chi connectivity index (χ1n) is 12.9. The fourth-order valence-corrected chi connectivity index (χ4v) is 2.48. The van der Waals surface area contributed by atoms with Crippen LogP contribution in [0, 0.1) is 0 Å². The summed E-state index contributed by atoms with van der Waals surface area (Å²) in [5.41, 5.74) is 1.28. The van der Waals surface area contributed by atoms with Crippen molar-refractivity contribution in [3.63, 3.8) is 0 Å². The number of benzene rings is 1. The van der Waals surface area contributed by atoms with Gasteiger partial charge in [-0.2, -0.15) is 4.68 Å². The Bertz CT molecular complexity index is 951. The van der Waals surface area contributed by atoms with Crippen molar-refractivity contribution in [3.8, 4) is 5.75 Å². The summed E-state index contributed by atoms with van der Waals surface area (Å²) < 4.78 is 11.9. The summed E-state index contributed by atoms with van der Waals surface area (Å²) in [5, 5.41) is 13.2. The van der Waals surface area contributed by atoms with Gasteiger partial charge in [0.15, 0.2) is 5.60 Å². The molecule has 0 aliphatic carbocycles. The van der Waals surface area contributed by atoms with Crippen LogP contribution in [0.25, 0.3) is 0 Å². The van der Waals surface area contributed by atoms with Crippen LogP contribution in [0.5, 0.6) is 5.75 Å². The van der Waals surface area contributed by atoms with Gasteiger partial charge in [0.05, 0.1) is 6.54 Å². The maximum Gasteiger partial charge on any atom is 0.437 e. The van der Waals surface area contributed by atoms with Gasteiger partial charge in [0.25, 0.3) is 0 Å². The molecule has 0 aliphatic rings. The van der Waals surface area contributed by atoms with Gasteiger partial charge in [-0.25, -0.2) is 9.59 Å². The molecule has 0 amide bonds. The molecule has 0 spiro atoms.